The van der Waals surface area contributed by atoms with Crippen LogP contribution in [-0.4, -0.2) is 6.71 Å². The van der Waals surface area contributed by atoms with Gasteiger partial charge in [0.2, 0.25) is 0 Å². The largest absolute Gasteiger partial charge is 0.468 e. The zero-order chi connectivity index (χ0) is 36.6. The molecule has 0 aliphatic carbocycles. The van der Waals surface area contributed by atoms with Crippen LogP contribution in [0.4, 0.5) is 34.1 Å². The van der Waals surface area contributed by atoms with Crippen LogP contribution in [0.3, 0.4) is 0 Å². The van der Waals surface area contributed by atoms with Gasteiger partial charge in [-0.3, -0.25) is 0 Å². The lowest BCUT2D eigenvalue weighted by Gasteiger charge is -2.41. The summed E-state index contributed by atoms with van der Waals surface area (Å²) in [6, 6.07) is 54.2. The second kappa shape index (κ2) is 11.2. The van der Waals surface area contributed by atoms with Gasteiger partial charge in [0.05, 0.1) is 11.4 Å². The number of nitrogens with zero attached hydrogens (tertiary/aromatic N) is 2. The fraction of sp³-hybridized carbons (Fsp3) is 0.0980. The lowest BCUT2D eigenvalue weighted by atomic mass is 9.37. The van der Waals surface area contributed by atoms with Gasteiger partial charge < -0.3 is 18.6 Å². The van der Waals surface area contributed by atoms with Gasteiger partial charge in [-0.1, -0.05) is 97.1 Å². The molecule has 56 heavy (non-hydrogen) atoms. The summed E-state index contributed by atoms with van der Waals surface area (Å²) < 4.78 is 14.4. The monoisotopic (exact) mass is 718 g/mol. The lowest BCUT2D eigenvalue weighted by Crippen LogP contribution is -2.60. The topological polar surface area (TPSA) is 32.8 Å². The average Bonchev–Trinajstić information content (AvgIpc) is 3.77. The molecule has 4 bridgehead atoms. The van der Waals surface area contributed by atoms with Crippen molar-refractivity contribution >= 4 is 79.6 Å². The summed E-state index contributed by atoms with van der Waals surface area (Å²) in [7, 11) is 0. The predicted molar refractivity (Wildman–Crippen MR) is 229 cm³/mol. The molecule has 0 N–H and O–H groups in total. The number of hydrogen-bond acceptors (Lipinski definition) is 4. The molecule has 0 spiro atoms. The smallest absolute Gasteiger partial charge is 0.342 e. The van der Waals surface area contributed by atoms with Crippen LogP contribution in [0.5, 0.6) is 0 Å². The van der Waals surface area contributed by atoms with Gasteiger partial charge >= 0.3 is 6.71 Å². The molecule has 0 fully saturated rings. The van der Waals surface area contributed by atoms with Crippen molar-refractivity contribution in [2.24, 2.45) is 0 Å². The Kier molecular flexibility index (Phi) is 6.11. The Hall–Kier alpha value is -6.72. The molecule has 0 radical (unpaired) electrons. The van der Waals surface area contributed by atoms with Crippen LogP contribution in [0.2, 0.25) is 0 Å². The Morgan fingerprint density at radius 2 is 0.839 bits per heavy atom. The van der Waals surface area contributed by atoms with Gasteiger partial charge in [-0.15, -0.1) is 0 Å². The standard InChI is InChI=1S/C51H35BN2O2/c1-30-22-43-47-44(23-30)54-42-17-9-7-15-38(42)29-36-13-5-3-11-34(36)25-32-19-21-46-40(27-32)49(54)51(56-46)52(47)50-48-39-26-31(18-20-45(39)55-50)24-33-10-2-4-12-35(33)28-37-14-6-8-16-41(37)53(43)48/h2-23,26-27H,24-25,28-29H2,1H3. The maximum absolute atomic E-state index is 7.20. The molecule has 4 aliphatic heterocycles. The normalized spacial score (nSPS) is 14.5. The summed E-state index contributed by atoms with van der Waals surface area (Å²) in [4.78, 5) is 5.05. The zero-order valence-corrected chi connectivity index (χ0v) is 31.0. The second-order valence-corrected chi connectivity index (χ2v) is 16.1. The van der Waals surface area contributed by atoms with Crippen LogP contribution in [-0.2, 0) is 25.7 Å². The fourth-order valence-corrected chi connectivity index (χ4v) is 10.3. The van der Waals surface area contributed by atoms with Crippen LogP contribution in [0.25, 0.3) is 21.9 Å². The van der Waals surface area contributed by atoms with E-state index in [-0.39, 0.29) is 6.71 Å². The van der Waals surface area contributed by atoms with E-state index in [1.54, 1.807) is 0 Å². The van der Waals surface area contributed by atoms with Crippen molar-refractivity contribution < 1.29 is 8.83 Å². The van der Waals surface area contributed by atoms with Crippen molar-refractivity contribution in [2.45, 2.75) is 32.6 Å². The van der Waals surface area contributed by atoms with Gasteiger partial charge in [0, 0.05) is 33.5 Å². The molecule has 264 valence electrons. The molecule has 0 atom stereocenters. The van der Waals surface area contributed by atoms with E-state index >= 15 is 0 Å². The van der Waals surface area contributed by atoms with E-state index in [4.69, 9.17) is 8.83 Å². The number of para-hydroxylation sites is 2. The second-order valence-electron chi connectivity index (χ2n) is 16.1. The van der Waals surface area contributed by atoms with Crippen LogP contribution >= 0.6 is 0 Å². The first-order chi connectivity index (χ1) is 27.6. The van der Waals surface area contributed by atoms with Gasteiger partial charge in [0.1, 0.15) is 22.5 Å². The third kappa shape index (κ3) is 4.20. The minimum absolute atomic E-state index is 0.242. The Labute approximate surface area is 325 Å². The molecule has 4 aliphatic rings. The summed E-state index contributed by atoms with van der Waals surface area (Å²) in [6.07, 6.45) is 3.41. The van der Waals surface area contributed by atoms with E-state index in [9.17, 15) is 0 Å². The number of furan rings is 2. The van der Waals surface area contributed by atoms with Crippen molar-refractivity contribution in [3.8, 4) is 0 Å². The average molecular weight is 719 g/mol. The summed E-state index contributed by atoms with van der Waals surface area (Å²) in [5, 5.41) is 2.27. The summed E-state index contributed by atoms with van der Waals surface area (Å²) >= 11 is 0. The number of rotatable bonds is 0. The van der Waals surface area contributed by atoms with Crippen molar-refractivity contribution in [3.05, 3.63) is 196 Å². The number of fused-ring (bicyclic) bond motifs is 12. The van der Waals surface area contributed by atoms with Gasteiger partial charge in [-0.05, 0) is 137 Å². The Bertz CT molecular complexity index is 2950. The van der Waals surface area contributed by atoms with Gasteiger partial charge in [0.25, 0.3) is 0 Å². The van der Waals surface area contributed by atoms with Gasteiger partial charge in [-0.25, -0.2) is 0 Å². The third-order valence-corrected chi connectivity index (χ3v) is 12.8. The number of anilines is 6. The van der Waals surface area contributed by atoms with Crippen LogP contribution in [0, 0.1) is 6.92 Å². The van der Waals surface area contributed by atoms with E-state index in [1.807, 2.05) is 0 Å². The highest BCUT2D eigenvalue weighted by molar-refractivity contribution is 6.99. The van der Waals surface area contributed by atoms with Crippen molar-refractivity contribution in [1.29, 1.82) is 0 Å². The van der Waals surface area contributed by atoms with Crippen molar-refractivity contribution in [2.75, 3.05) is 9.80 Å². The third-order valence-electron chi connectivity index (χ3n) is 12.8. The molecular weight excluding hydrogens is 683 g/mol. The molecule has 0 saturated heterocycles. The minimum Gasteiger partial charge on any atom is -0.468 e. The first kappa shape index (κ1) is 30.6. The minimum atomic E-state index is -0.242. The molecule has 2 aromatic heterocycles. The molecule has 5 heteroatoms. The molecule has 9 aromatic rings. The molecule has 6 heterocycles. The molecule has 7 aromatic carbocycles. The number of benzene rings is 7. The van der Waals surface area contributed by atoms with Gasteiger partial charge in [-0.2, -0.15) is 0 Å². The van der Waals surface area contributed by atoms with E-state index in [0.29, 0.717) is 0 Å². The Morgan fingerprint density at radius 1 is 0.429 bits per heavy atom. The molecular formula is C51H35BN2O2. The first-order valence-corrected chi connectivity index (χ1v) is 19.8. The Morgan fingerprint density at radius 3 is 1.30 bits per heavy atom. The van der Waals surface area contributed by atoms with E-state index in [0.717, 1.165) is 70.3 Å². The highest BCUT2D eigenvalue weighted by Crippen LogP contribution is 2.51. The SMILES string of the molecule is Cc1cc2c3c(c1)N1c4ccccc4Cc4ccccc4Cc4ccc5oc(c1c5c4)B3c1oc3ccc4cc3c1N2c1ccccc1Cc1ccccc1C4. The number of aryl methyl sites for hydroxylation is 1. The van der Waals surface area contributed by atoms with E-state index in [1.165, 1.54) is 78.3 Å². The van der Waals surface area contributed by atoms with Crippen LogP contribution < -0.4 is 26.6 Å². The molecule has 0 amide bonds. The predicted octanol–water partition coefficient (Wildman–Crippen LogP) is 10.6. The highest BCUT2D eigenvalue weighted by atomic mass is 16.3. The first-order valence-electron chi connectivity index (χ1n) is 19.8. The maximum Gasteiger partial charge on any atom is 0.342 e. The van der Waals surface area contributed by atoms with E-state index < -0.39 is 0 Å². The number of hydrogen-bond donors (Lipinski definition) is 0. The molecule has 4 nitrogen and oxygen atoms in total. The van der Waals surface area contributed by atoms with Crippen molar-refractivity contribution in [1.82, 2.24) is 0 Å². The van der Waals surface area contributed by atoms with Crippen LogP contribution in [0.1, 0.15) is 50.1 Å². The maximum atomic E-state index is 7.20. The fourth-order valence-electron chi connectivity index (χ4n) is 10.3. The molecule has 0 unspecified atom stereocenters. The molecule has 13 rings (SSSR count). The lowest BCUT2D eigenvalue weighted by molar-refractivity contribution is 0.637. The van der Waals surface area contributed by atoms with Crippen molar-refractivity contribution in [3.63, 3.8) is 0 Å². The van der Waals surface area contributed by atoms with Gasteiger partial charge in [0.15, 0.2) is 0 Å². The zero-order valence-electron chi connectivity index (χ0n) is 31.0. The molecule has 0 saturated carbocycles. The van der Waals surface area contributed by atoms with Crippen LogP contribution in [0.15, 0.2) is 154 Å². The Balaban J connectivity index is 1.17. The summed E-state index contributed by atoms with van der Waals surface area (Å²) in [5.41, 5.74) is 23.6. The highest BCUT2D eigenvalue weighted by Gasteiger charge is 2.50. The summed E-state index contributed by atoms with van der Waals surface area (Å²) in [6.45, 7) is 2.01. The quantitative estimate of drug-likeness (QED) is 0.146. The summed E-state index contributed by atoms with van der Waals surface area (Å²) in [5.74, 6) is 0. The van der Waals surface area contributed by atoms with E-state index in [2.05, 4.69) is 162 Å².